The molecule has 0 aliphatic carbocycles. The fourth-order valence-electron chi connectivity index (χ4n) is 5.22. The van der Waals surface area contributed by atoms with E-state index >= 15 is 0 Å². The molecule has 0 saturated heterocycles. The van der Waals surface area contributed by atoms with Gasteiger partial charge in [-0.15, -0.1) is 0 Å². The molecule has 9 nitrogen and oxygen atoms in total. The van der Waals surface area contributed by atoms with Crippen molar-refractivity contribution in [3.8, 4) is 5.75 Å². The van der Waals surface area contributed by atoms with Crippen LogP contribution in [0.25, 0.3) is 11.2 Å². The lowest BCUT2D eigenvalue weighted by molar-refractivity contribution is -0.123. The zero-order valence-electron chi connectivity index (χ0n) is 19.8. The van der Waals surface area contributed by atoms with E-state index in [2.05, 4.69) is 15.3 Å². The first-order chi connectivity index (χ1) is 17.5. The molecule has 0 radical (unpaired) electrons. The number of carbonyl (C=O) groups excluding carboxylic acids is 3. The number of methoxy groups -OCH3 is 1. The van der Waals surface area contributed by atoms with Gasteiger partial charge in [-0.3, -0.25) is 29.1 Å². The van der Waals surface area contributed by atoms with Gasteiger partial charge in [-0.05, 0) is 18.1 Å². The normalized spacial score (nSPS) is 18.4. The van der Waals surface area contributed by atoms with Gasteiger partial charge < -0.3 is 9.64 Å². The summed E-state index contributed by atoms with van der Waals surface area (Å²) in [6.45, 7) is 1.99. The number of pyridine rings is 1. The van der Waals surface area contributed by atoms with Crippen LogP contribution in [0.3, 0.4) is 0 Å². The molecule has 1 aromatic carbocycles. The highest BCUT2D eigenvalue weighted by molar-refractivity contribution is 6.47. The van der Waals surface area contributed by atoms with E-state index in [1.807, 2.05) is 30.0 Å². The number of anilines is 1. The van der Waals surface area contributed by atoms with Gasteiger partial charge in [0.1, 0.15) is 11.4 Å². The molecule has 0 spiro atoms. The standard InChI is InChI=1S/C27H23N5O4/c1-3-5-20(33)18-12-15-6-4-7-17-24(28-9-11-32(18)25(15)17)23-22(26(34)30-27(23)35)19-14-29-21-13-16(36-2)8-10-31(19)21/h4,6-11,13-14,18H,3,5,12H2,1-2H3,(H,30,34,35). The fraction of sp³-hybridized carbons (Fsp3) is 0.222. The van der Waals surface area contributed by atoms with Crippen molar-refractivity contribution in [3.63, 3.8) is 0 Å². The highest BCUT2D eigenvalue weighted by Crippen LogP contribution is 2.40. The number of Topliss-reactive ketones (excluding diaryl/α,β-unsaturated/α-hetero) is 1. The largest absolute Gasteiger partial charge is 0.497 e. The van der Waals surface area contributed by atoms with Crippen molar-refractivity contribution in [2.75, 3.05) is 12.0 Å². The molecule has 1 unspecified atom stereocenters. The Labute approximate surface area is 206 Å². The van der Waals surface area contributed by atoms with Crippen molar-refractivity contribution in [1.82, 2.24) is 14.7 Å². The van der Waals surface area contributed by atoms with Crippen LogP contribution in [-0.2, 0) is 20.8 Å². The van der Waals surface area contributed by atoms with Gasteiger partial charge in [0.15, 0.2) is 5.78 Å². The first-order valence-electron chi connectivity index (χ1n) is 11.8. The molecule has 2 amide bonds. The molecule has 180 valence electrons. The lowest BCUT2D eigenvalue weighted by atomic mass is 9.94. The van der Waals surface area contributed by atoms with E-state index in [9.17, 15) is 14.4 Å². The van der Waals surface area contributed by atoms with Crippen molar-refractivity contribution in [2.45, 2.75) is 32.2 Å². The van der Waals surface area contributed by atoms with E-state index < -0.39 is 11.8 Å². The van der Waals surface area contributed by atoms with Gasteiger partial charge in [0, 0.05) is 43.1 Å². The van der Waals surface area contributed by atoms with E-state index in [0.29, 0.717) is 41.2 Å². The number of benzene rings is 1. The first-order valence-corrected chi connectivity index (χ1v) is 11.8. The van der Waals surface area contributed by atoms with Gasteiger partial charge in [0.2, 0.25) is 0 Å². The van der Waals surface area contributed by atoms with Crippen LogP contribution in [-0.4, -0.2) is 45.8 Å². The molecule has 3 aliphatic heterocycles. The van der Waals surface area contributed by atoms with Crippen LogP contribution in [0.5, 0.6) is 5.75 Å². The highest BCUT2D eigenvalue weighted by atomic mass is 16.5. The predicted molar refractivity (Wildman–Crippen MR) is 134 cm³/mol. The maximum atomic E-state index is 13.2. The second-order valence-electron chi connectivity index (χ2n) is 8.90. The summed E-state index contributed by atoms with van der Waals surface area (Å²) in [6, 6.07) is 8.97. The van der Waals surface area contributed by atoms with Crippen molar-refractivity contribution in [2.24, 2.45) is 4.99 Å². The zero-order chi connectivity index (χ0) is 25.0. The predicted octanol–water partition coefficient (Wildman–Crippen LogP) is 2.83. The number of nitrogens with zero attached hydrogens (tertiary/aromatic N) is 4. The number of aromatic nitrogens is 2. The van der Waals surface area contributed by atoms with Crippen molar-refractivity contribution < 1.29 is 19.1 Å². The lowest BCUT2D eigenvalue weighted by Crippen LogP contribution is -2.35. The molecule has 9 heteroatoms. The second kappa shape index (κ2) is 8.30. The summed E-state index contributed by atoms with van der Waals surface area (Å²) < 4.78 is 7.02. The maximum absolute atomic E-state index is 13.2. The van der Waals surface area contributed by atoms with Crippen LogP contribution < -0.4 is 15.0 Å². The topological polar surface area (TPSA) is 105 Å². The first kappa shape index (κ1) is 22.0. The summed E-state index contributed by atoms with van der Waals surface area (Å²) in [5.74, 6) is -0.231. The van der Waals surface area contributed by atoms with Crippen molar-refractivity contribution in [3.05, 3.63) is 77.5 Å². The van der Waals surface area contributed by atoms with Gasteiger partial charge in [0.25, 0.3) is 11.8 Å². The molecule has 2 aromatic heterocycles. The Hall–Kier alpha value is -4.53. The van der Waals surface area contributed by atoms with Crippen LogP contribution >= 0.6 is 0 Å². The molecular formula is C27H23N5O4. The third-order valence-corrected chi connectivity index (χ3v) is 6.83. The number of hydrogen-bond donors (Lipinski definition) is 1. The second-order valence-corrected chi connectivity index (χ2v) is 8.90. The summed E-state index contributed by atoms with van der Waals surface area (Å²) in [4.78, 5) is 50.1. The molecule has 5 heterocycles. The zero-order valence-corrected chi connectivity index (χ0v) is 19.8. The number of nitrogens with one attached hydrogen (secondary N) is 1. The Morgan fingerprint density at radius 3 is 2.83 bits per heavy atom. The monoisotopic (exact) mass is 481 g/mol. The van der Waals surface area contributed by atoms with E-state index in [0.717, 1.165) is 17.7 Å². The highest BCUT2D eigenvalue weighted by Gasteiger charge is 2.40. The van der Waals surface area contributed by atoms with Gasteiger partial charge in [0.05, 0.1) is 47.6 Å². The molecule has 3 aromatic rings. The number of para-hydroxylation sites is 1. The molecule has 1 atom stereocenters. The molecule has 0 bridgehead atoms. The Morgan fingerprint density at radius 2 is 2.03 bits per heavy atom. The van der Waals surface area contributed by atoms with E-state index in [1.54, 1.807) is 48.4 Å². The van der Waals surface area contributed by atoms with Crippen LogP contribution in [0.1, 0.15) is 36.6 Å². The van der Waals surface area contributed by atoms with Gasteiger partial charge in [-0.25, -0.2) is 4.98 Å². The third kappa shape index (κ3) is 3.19. The number of amides is 2. The average Bonchev–Trinajstić information content (AvgIpc) is 3.50. The number of fused-ring (bicyclic) bond motifs is 1. The van der Waals surface area contributed by atoms with Gasteiger partial charge in [-0.1, -0.05) is 25.1 Å². The number of ketones is 1. The minimum atomic E-state index is -0.520. The number of carbonyl (C=O) groups is 3. The van der Waals surface area contributed by atoms with E-state index in [4.69, 9.17) is 4.74 Å². The quantitative estimate of drug-likeness (QED) is 0.543. The van der Waals surface area contributed by atoms with Crippen molar-refractivity contribution >= 4 is 40.2 Å². The van der Waals surface area contributed by atoms with E-state index in [1.165, 1.54) is 0 Å². The molecule has 0 saturated carbocycles. The molecule has 0 fully saturated rings. The van der Waals surface area contributed by atoms with Crippen LogP contribution in [0.4, 0.5) is 5.69 Å². The molecule has 6 rings (SSSR count). The van der Waals surface area contributed by atoms with E-state index in [-0.39, 0.29) is 23.0 Å². The number of imide groups is 1. The van der Waals surface area contributed by atoms with Crippen molar-refractivity contribution in [1.29, 1.82) is 0 Å². The Morgan fingerprint density at radius 1 is 1.19 bits per heavy atom. The van der Waals surface area contributed by atoms with Crippen LogP contribution in [0.2, 0.25) is 0 Å². The summed E-state index contributed by atoms with van der Waals surface area (Å²) in [5.41, 5.74) is 4.38. The Kier molecular flexibility index (Phi) is 5.06. The number of hydrogen-bond acceptors (Lipinski definition) is 7. The SMILES string of the molecule is CCCC(=O)C1Cc2cccc3c2N1C=CN=C3C1=C(c2cnc3cc(OC)ccn23)C(=O)NC1=O. The lowest BCUT2D eigenvalue weighted by Gasteiger charge is -2.23. The average molecular weight is 482 g/mol. The maximum Gasteiger partial charge on any atom is 0.261 e. The summed E-state index contributed by atoms with van der Waals surface area (Å²) in [7, 11) is 1.57. The molecule has 3 aliphatic rings. The minimum absolute atomic E-state index is 0.169. The fourth-order valence-corrected chi connectivity index (χ4v) is 5.22. The number of imidazole rings is 1. The Bertz CT molecular complexity index is 1560. The number of rotatable bonds is 6. The smallest absolute Gasteiger partial charge is 0.261 e. The minimum Gasteiger partial charge on any atom is -0.497 e. The van der Waals surface area contributed by atoms with Crippen LogP contribution in [0, 0.1) is 0 Å². The van der Waals surface area contributed by atoms with Crippen LogP contribution in [0.15, 0.2) is 65.7 Å². The molecule has 1 N–H and O–H groups in total. The summed E-state index contributed by atoms with van der Waals surface area (Å²) in [5, 5.41) is 2.44. The molecule has 36 heavy (non-hydrogen) atoms. The number of ether oxygens (including phenoxy) is 1. The Balaban J connectivity index is 1.53. The van der Waals surface area contributed by atoms with Gasteiger partial charge in [-0.2, -0.15) is 0 Å². The number of aliphatic imine (C=N–C) groups is 1. The third-order valence-electron chi connectivity index (χ3n) is 6.83. The summed E-state index contributed by atoms with van der Waals surface area (Å²) >= 11 is 0. The molecular weight excluding hydrogens is 458 g/mol. The van der Waals surface area contributed by atoms with Gasteiger partial charge >= 0.3 is 0 Å². The summed E-state index contributed by atoms with van der Waals surface area (Å²) in [6.07, 6.45) is 8.56.